The van der Waals surface area contributed by atoms with Crippen LogP contribution in [0.2, 0.25) is 0 Å². The number of likely N-dealkylation sites (N-methyl/N-ethyl adjacent to an activating group) is 1. The molecule has 2 aromatic carbocycles. The van der Waals surface area contributed by atoms with E-state index < -0.39 is 38.1 Å². The predicted octanol–water partition coefficient (Wildman–Crippen LogP) is 3.48. The van der Waals surface area contributed by atoms with Gasteiger partial charge in [0.05, 0.1) is 41.6 Å². The number of aryl methyl sites for hydroxylation is 1. The van der Waals surface area contributed by atoms with E-state index in [1.165, 1.54) is 22.3 Å². The van der Waals surface area contributed by atoms with Crippen molar-refractivity contribution in [1.82, 2.24) is 9.21 Å². The molecule has 43 heavy (non-hydrogen) atoms. The van der Waals surface area contributed by atoms with Crippen LogP contribution in [0.25, 0.3) is 0 Å². The first-order valence-corrected chi connectivity index (χ1v) is 17.8. The van der Waals surface area contributed by atoms with E-state index in [1.54, 1.807) is 43.3 Å². The summed E-state index contributed by atoms with van der Waals surface area (Å²) in [6.07, 6.45) is 2.42. The van der Waals surface area contributed by atoms with E-state index in [4.69, 9.17) is 9.47 Å². The molecule has 0 saturated carbocycles. The maximum Gasteiger partial charge on any atom is 0.258 e. The molecule has 240 valence electrons. The molecule has 2 N–H and O–H groups in total. The van der Waals surface area contributed by atoms with Gasteiger partial charge in [-0.1, -0.05) is 24.6 Å². The molecule has 13 heteroatoms. The molecule has 0 spiro atoms. The van der Waals surface area contributed by atoms with Crippen molar-refractivity contribution in [2.75, 3.05) is 44.3 Å². The van der Waals surface area contributed by atoms with Gasteiger partial charge in [0.2, 0.25) is 20.0 Å². The lowest BCUT2D eigenvalue weighted by atomic mass is 10.0. The molecule has 3 rings (SSSR count). The number of sulfonamides is 2. The Labute approximate surface area is 256 Å². The first-order chi connectivity index (χ1) is 20.1. The van der Waals surface area contributed by atoms with Gasteiger partial charge in [-0.15, -0.1) is 0 Å². The van der Waals surface area contributed by atoms with Crippen molar-refractivity contribution in [3.63, 3.8) is 0 Å². The Kier molecular flexibility index (Phi) is 12.0. The third kappa shape index (κ3) is 9.64. The number of nitrogens with one attached hydrogen (secondary N) is 1. The average Bonchev–Trinajstić information content (AvgIpc) is 2.93. The Hall–Kier alpha value is -2.71. The summed E-state index contributed by atoms with van der Waals surface area (Å²) in [5, 5.41) is 10.1. The molecular formula is C30H45N3O8S2. The summed E-state index contributed by atoms with van der Waals surface area (Å²) in [6, 6.07) is 10.6. The van der Waals surface area contributed by atoms with E-state index in [0.29, 0.717) is 18.8 Å². The normalized spacial score (nSPS) is 21.9. The number of carbonyl (C=O) groups excluding carboxylic acids is 1. The van der Waals surface area contributed by atoms with Crippen LogP contribution < -0.4 is 9.46 Å². The number of aliphatic hydroxyl groups is 1. The van der Waals surface area contributed by atoms with Gasteiger partial charge in [-0.25, -0.2) is 16.8 Å². The molecule has 0 aromatic heterocycles. The number of amides is 1. The standard InChI is InChI=1S/C30H45N3O8S2/c1-21-10-13-26(14-11-21)43(38,39)32(5)19-29-22(2)18-33(23(3)20-34)30(35)27-17-25(31-42(6,36)37)12-15-28(27)41-24(4)9-7-8-16-40-29/h10-15,17,22-24,29,31,34H,7-9,16,18-20H2,1-6H3/t22-,23-,24+,29-/m1/s1. The molecule has 1 aliphatic rings. The monoisotopic (exact) mass is 639 g/mol. The van der Waals surface area contributed by atoms with Crippen molar-refractivity contribution >= 4 is 31.6 Å². The van der Waals surface area contributed by atoms with E-state index in [2.05, 4.69) is 4.72 Å². The van der Waals surface area contributed by atoms with Gasteiger partial charge in [-0.05, 0) is 70.4 Å². The van der Waals surface area contributed by atoms with Crippen LogP contribution in [0.1, 0.15) is 56.0 Å². The Morgan fingerprint density at radius 1 is 1.09 bits per heavy atom. The lowest BCUT2D eigenvalue weighted by Gasteiger charge is -2.35. The largest absolute Gasteiger partial charge is 0.490 e. The minimum absolute atomic E-state index is 0.0610. The predicted molar refractivity (Wildman–Crippen MR) is 166 cm³/mol. The van der Waals surface area contributed by atoms with Gasteiger partial charge in [0.25, 0.3) is 5.91 Å². The van der Waals surface area contributed by atoms with Crippen molar-refractivity contribution in [2.45, 2.75) is 70.1 Å². The lowest BCUT2D eigenvalue weighted by Crippen LogP contribution is -2.48. The quantitative estimate of drug-likeness (QED) is 0.447. The number of benzene rings is 2. The smallest absolute Gasteiger partial charge is 0.258 e. The van der Waals surface area contributed by atoms with Crippen LogP contribution in [-0.4, -0.2) is 94.9 Å². The highest BCUT2D eigenvalue weighted by Gasteiger charge is 2.32. The summed E-state index contributed by atoms with van der Waals surface area (Å²) < 4.78 is 66.7. The summed E-state index contributed by atoms with van der Waals surface area (Å²) in [5.41, 5.74) is 1.32. The van der Waals surface area contributed by atoms with Gasteiger partial charge in [0.15, 0.2) is 0 Å². The van der Waals surface area contributed by atoms with Crippen LogP contribution in [-0.2, 0) is 24.8 Å². The van der Waals surface area contributed by atoms with Gasteiger partial charge >= 0.3 is 0 Å². The SMILES string of the molecule is Cc1ccc(S(=O)(=O)N(C)C[C@H]2OCCCC[C@H](C)Oc3ccc(NS(C)(=O)=O)cc3C(=O)N([C@H](C)CO)C[C@H]2C)cc1. The summed E-state index contributed by atoms with van der Waals surface area (Å²) in [6.45, 7) is 7.66. The Morgan fingerprint density at radius 2 is 1.77 bits per heavy atom. The third-order valence-electron chi connectivity index (χ3n) is 7.52. The van der Waals surface area contributed by atoms with Crippen LogP contribution in [0.15, 0.2) is 47.4 Å². The van der Waals surface area contributed by atoms with Gasteiger partial charge in [-0.2, -0.15) is 4.31 Å². The zero-order chi connectivity index (χ0) is 31.9. The number of nitrogens with zero attached hydrogens (tertiary/aromatic N) is 2. The number of aliphatic hydroxyl groups excluding tert-OH is 1. The van der Waals surface area contributed by atoms with Crippen LogP contribution in [0.4, 0.5) is 5.69 Å². The number of anilines is 1. The molecule has 0 unspecified atom stereocenters. The zero-order valence-corrected chi connectivity index (χ0v) is 27.4. The summed E-state index contributed by atoms with van der Waals surface area (Å²) in [5.74, 6) is -0.477. The van der Waals surface area contributed by atoms with Gasteiger partial charge in [0, 0.05) is 38.3 Å². The molecule has 1 heterocycles. The highest BCUT2D eigenvalue weighted by Crippen LogP contribution is 2.29. The zero-order valence-electron chi connectivity index (χ0n) is 25.8. The van der Waals surface area contributed by atoms with Crippen molar-refractivity contribution in [2.24, 2.45) is 5.92 Å². The molecule has 0 aliphatic carbocycles. The maximum atomic E-state index is 14.1. The minimum Gasteiger partial charge on any atom is -0.490 e. The van der Waals surface area contributed by atoms with E-state index in [9.17, 15) is 26.7 Å². The lowest BCUT2D eigenvalue weighted by molar-refractivity contribution is -0.00833. The Morgan fingerprint density at radius 3 is 2.40 bits per heavy atom. The summed E-state index contributed by atoms with van der Waals surface area (Å²) in [7, 11) is -5.88. The van der Waals surface area contributed by atoms with E-state index in [0.717, 1.165) is 24.7 Å². The fourth-order valence-electron chi connectivity index (χ4n) is 4.90. The first-order valence-electron chi connectivity index (χ1n) is 14.5. The van der Waals surface area contributed by atoms with Gasteiger partial charge < -0.3 is 19.5 Å². The molecule has 4 atom stereocenters. The molecule has 1 amide bonds. The number of hydrogen-bond donors (Lipinski definition) is 2. The van der Waals surface area contributed by atoms with Crippen molar-refractivity contribution in [1.29, 1.82) is 0 Å². The molecule has 0 fully saturated rings. The van der Waals surface area contributed by atoms with Crippen molar-refractivity contribution in [3.05, 3.63) is 53.6 Å². The van der Waals surface area contributed by atoms with E-state index >= 15 is 0 Å². The van der Waals surface area contributed by atoms with Crippen molar-refractivity contribution in [3.8, 4) is 5.75 Å². The fraction of sp³-hybridized carbons (Fsp3) is 0.567. The van der Waals surface area contributed by atoms with Crippen LogP contribution in [0, 0.1) is 12.8 Å². The number of rotatable bonds is 8. The highest BCUT2D eigenvalue weighted by molar-refractivity contribution is 7.92. The van der Waals surface area contributed by atoms with E-state index in [-0.39, 0.29) is 47.9 Å². The molecule has 2 aromatic rings. The van der Waals surface area contributed by atoms with Crippen molar-refractivity contribution < 1.29 is 36.2 Å². The summed E-state index contributed by atoms with van der Waals surface area (Å²) in [4.78, 5) is 15.8. The minimum atomic E-state index is -3.79. The number of hydrogen-bond acceptors (Lipinski definition) is 8. The molecular weight excluding hydrogens is 594 g/mol. The molecule has 1 aliphatic heterocycles. The number of ether oxygens (including phenoxy) is 2. The Bertz CT molecular complexity index is 1450. The average molecular weight is 640 g/mol. The summed E-state index contributed by atoms with van der Waals surface area (Å²) >= 11 is 0. The fourth-order valence-corrected chi connectivity index (χ4v) is 6.64. The highest BCUT2D eigenvalue weighted by atomic mass is 32.2. The molecule has 0 radical (unpaired) electrons. The van der Waals surface area contributed by atoms with Crippen LogP contribution in [0.3, 0.4) is 0 Å². The molecule has 0 bridgehead atoms. The van der Waals surface area contributed by atoms with E-state index in [1.807, 2.05) is 20.8 Å². The molecule has 11 nitrogen and oxygen atoms in total. The maximum absolute atomic E-state index is 14.1. The second-order valence-electron chi connectivity index (χ2n) is 11.5. The number of fused-ring (bicyclic) bond motifs is 1. The first kappa shape index (κ1) is 34.8. The topological polar surface area (TPSA) is 143 Å². The Balaban J connectivity index is 1.98. The van der Waals surface area contributed by atoms with Crippen LogP contribution in [0.5, 0.6) is 5.75 Å². The second kappa shape index (κ2) is 14.8. The third-order valence-corrected chi connectivity index (χ3v) is 9.97. The van der Waals surface area contributed by atoms with Crippen LogP contribution >= 0.6 is 0 Å². The van der Waals surface area contributed by atoms with Gasteiger partial charge in [0.1, 0.15) is 5.75 Å². The second-order valence-corrected chi connectivity index (χ2v) is 15.3. The van der Waals surface area contributed by atoms with Gasteiger partial charge in [-0.3, -0.25) is 9.52 Å². The number of carbonyl (C=O) groups is 1. The molecule has 0 saturated heterocycles.